The van der Waals surface area contributed by atoms with Gasteiger partial charge in [0.25, 0.3) is 5.56 Å². The quantitative estimate of drug-likeness (QED) is 0.204. The first-order valence-corrected chi connectivity index (χ1v) is 13.4. The zero-order valence-corrected chi connectivity index (χ0v) is 22.3. The van der Waals surface area contributed by atoms with Gasteiger partial charge in [-0.3, -0.25) is 4.79 Å². The van der Waals surface area contributed by atoms with Gasteiger partial charge in [-0.1, -0.05) is 90.5 Å². The number of nitrogens with zero attached hydrogens (tertiary/aromatic N) is 3. The van der Waals surface area contributed by atoms with Crippen molar-refractivity contribution in [2.45, 2.75) is 13.5 Å². The number of furan rings is 1. The Kier molecular flexibility index (Phi) is 6.13. The molecule has 0 saturated heterocycles. The maximum absolute atomic E-state index is 13.8. The number of rotatable bonds is 6. The van der Waals surface area contributed by atoms with Gasteiger partial charge in [-0.05, 0) is 53.6 Å². The molecule has 0 aliphatic carbocycles. The molecule has 2 heterocycles. The van der Waals surface area contributed by atoms with Crippen molar-refractivity contribution < 1.29 is 9.15 Å². The van der Waals surface area contributed by atoms with Gasteiger partial charge in [-0.2, -0.15) is 9.78 Å². The monoisotopic (exact) mass is 535 g/mol. The maximum atomic E-state index is 13.8. The summed E-state index contributed by atoms with van der Waals surface area (Å²) in [5.41, 5.74) is 4.01. The second-order valence-electron chi connectivity index (χ2n) is 9.94. The van der Waals surface area contributed by atoms with Gasteiger partial charge < -0.3 is 9.15 Å². The number of para-hydroxylation sites is 2. The molecule has 198 valence electrons. The van der Waals surface area contributed by atoms with Gasteiger partial charge in [-0.25, -0.2) is 4.98 Å². The largest absolute Gasteiger partial charge is 0.488 e. The molecule has 0 bridgehead atoms. The van der Waals surface area contributed by atoms with E-state index in [1.54, 1.807) is 12.3 Å². The molecule has 6 heteroatoms. The minimum Gasteiger partial charge on any atom is -0.488 e. The number of hydrogen-bond donors (Lipinski definition) is 0. The number of aromatic nitrogens is 2. The summed E-state index contributed by atoms with van der Waals surface area (Å²) in [5.74, 6) is 1.45. The fourth-order valence-corrected chi connectivity index (χ4v) is 5.10. The van der Waals surface area contributed by atoms with Gasteiger partial charge in [0.2, 0.25) is 5.82 Å². The van der Waals surface area contributed by atoms with Crippen LogP contribution in [0.1, 0.15) is 16.7 Å². The van der Waals surface area contributed by atoms with Gasteiger partial charge in [0.1, 0.15) is 17.9 Å². The molecule has 41 heavy (non-hydrogen) atoms. The van der Waals surface area contributed by atoms with Gasteiger partial charge in [-0.15, -0.1) is 0 Å². The molecule has 0 N–H and O–H groups in total. The summed E-state index contributed by atoms with van der Waals surface area (Å²) < 4.78 is 13.7. The Balaban J connectivity index is 1.38. The van der Waals surface area contributed by atoms with Crippen molar-refractivity contribution in [3.8, 4) is 17.3 Å². The predicted molar refractivity (Wildman–Crippen MR) is 164 cm³/mol. The van der Waals surface area contributed by atoms with Crippen molar-refractivity contribution >= 4 is 38.9 Å². The molecule has 0 radical (unpaired) electrons. The standard InChI is InChI=1S/C35H25N3O3/c1-23-9-8-10-24(19-23)22-40-32-18-17-25-11-2-4-13-27(25)29(32)21-36-38-34(33-20-26-12-3-7-16-31(26)41-33)37-30-15-6-5-14-28(30)35(38)39/h2-21H,22H2,1H3. The Hall–Kier alpha value is -5.49. The van der Waals surface area contributed by atoms with Crippen molar-refractivity contribution in [3.63, 3.8) is 0 Å². The third kappa shape index (κ3) is 4.66. The number of ether oxygens (including phenoxy) is 1. The van der Waals surface area contributed by atoms with E-state index in [0.29, 0.717) is 40.4 Å². The van der Waals surface area contributed by atoms with Gasteiger partial charge >= 0.3 is 0 Å². The van der Waals surface area contributed by atoms with Crippen LogP contribution < -0.4 is 10.3 Å². The minimum absolute atomic E-state index is 0.287. The lowest BCUT2D eigenvalue weighted by molar-refractivity contribution is 0.306. The van der Waals surface area contributed by atoms with Crippen LogP contribution in [0.5, 0.6) is 5.75 Å². The van der Waals surface area contributed by atoms with E-state index in [9.17, 15) is 4.79 Å². The van der Waals surface area contributed by atoms with Crippen LogP contribution in [0, 0.1) is 6.92 Å². The van der Waals surface area contributed by atoms with Crippen LogP contribution in [-0.2, 0) is 6.61 Å². The minimum atomic E-state index is -0.287. The molecule has 0 spiro atoms. The molecule has 0 saturated carbocycles. The summed E-state index contributed by atoms with van der Waals surface area (Å²) in [5, 5.41) is 8.12. The smallest absolute Gasteiger partial charge is 0.282 e. The molecule has 5 aromatic carbocycles. The van der Waals surface area contributed by atoms with Crippen LogP contribution in [0.25, 0.3) is 44.2 Å². The Morgan fingerprint density at radius 1 is 0.829 bits per heavy atom. The lowest BCUT2D eigenvalue weighted by Gasteiger charge is -2.13. The van der Waals surface area contributed by atoms with Crippen LogP contribution in [0.15, 0.2) is 130 Å². The second kappa shape index (κ2) is 10.2. The maximum Gasteiger partial charge on any atom is 0.282 e. The van der Waals surface area contributed by atoms with Crippen LogP contribution >= 0.6 is 0 Å². The van der Waals surface area contributed by atoms with Crippen molar-refractivity contribution in [2.75, 3.05) is 0 Å². The van der Waals surface area contributed by atoms with E-state index in [2.05, 4.69) is 19.1 Å². The average molecular weight is 536 g/mol. The van der Waals surface area contributed by atoms with Crippen molar-refractivity contribution in [2.24, 2.45) is 5.10 Å². The molecular weight excluding hydrogens is 510 g/mol. The van der Waals surface area contributed by atoms with Crippen LogP contribution in [-0.4, -0.2) is 15.9 Å². The number of hydrogen-bond acceptors (Lipinski definition) is 5. The van der Waals surface area contributed by atoms with Crippen LogP contribution in [0.2, 0.25) is 0 Å². The SMILES string of the molecule is Cc1cccc(COc2ccc3ccccc3c2C=Nn2c(-c3cc4ccccc4o3)nc3ccccc3c2=O)c1. The molecule has 0 atom stereocenters. The topological polar surface area (TPSA) is 69.6 Å². The molecule has 7 aromatic rings. The number of aryl methyl sites for hydroxylation is 1. The van der Waals surface area contributed by atoms with Gasteiger partial charge in [0.05, 0.1) is 17.1 Å². The molecular formula is C35H25N3O3. The van der Waals surface area contributed by atoms with Crippen LogP contribution in [0.4, 0.5) is 0 Å². The predicted octanol–water partition coefficient (Wildman–Crippen LogP) is 7.73. The molecule has 7 rings (SSSR count). The molecule has 0 unspecified atom stereocenters. The van der Waals surface area contributed by atoms with Gasteiger partial charge in [0.15, 0.2) is 5.76 Å². The molecule has 6 nitrogen and oxygen atoms in total. The van der Waals surface area contributed by atoms with E-state index in [1.807, 2.05) is 97.1 Å². The summed E-state index contributed by atoms with van der Waals surface area (Å²) in [6.07, 6.45) is 1.68. The number of fused-ring (bicyclic) bond motifs is 3. The Morgan fingerprint density at radius 2 is 1.61 bits per heavy atom. The molecule has 0 amide bonds. The summed E-state index contributed by atoms with van der Waals surface area (Å²) in [6.45, 7) is 2.47. The Morgan fingerprint density at radius 3 is 2.46 bits per heavy atom. The highest BCUT2D eigenvalue weighted by atomic mass is 16.5. The lowest BCUT2D eigenvalue weighted by Crippen LogP contribution is -2.20. The Labute approximate surface area is 235 Å². The summed E-state index contributed by atoms with van der Waals surface area (Å²) in [7, 11) is 0. The number of benzene rings is 5. The Bertz CT molecular complexity index is 2120. The second-order valence-corrected chi connectivity index (χ2v) is 9.94. The molecule has 0 aliphatic heterocycles. The van der Waals surface area contributed by atoms with Crippen molar-refractivity contribution in [1.29, 1.82) is 0 Å². The zero-order valence-electron chi connectivity index (χ0n) is 22.3. The highest BCUT2D eigenvalue weighted by Crippen LogP contribution is 2.29. The van der Waals surface area contributed by atoms with Crippen molar-refractivity contribution in [3.05, 3.63) is 142 Å². The summed E-state index contributed by atoms with van der Waals surface area (Å²) >= 11 is 0. The zero-order chi connectivity index (χ0) is 27.8. The summed E-state index contributed by atoms with van der Waals surface area (Å²) in [4.78, 5) is 18.6. The third-order valence-electron chi connectivity index (χ3n) is 7.11. The van der Waals surface area contributed by atoms with E-state index < -0.39 is 0 Å². The summed E-state index contributed by atoms with van der Waals surface area (Å²) in [6, 6.07) is 37.1. The van der Waals surface area contributed by atoms with Crippen molar-refractivity contribution in [1.82, 2.24) is 9.66 Å². The molecule has 2 aromatic heterocycles. The molecule has 0 fully saturated rings. The normalized spacial score (nSPS) is 11.6. The highest BCUT2D eigenvalue weighted by Gasteiger charge is 2.17. The third-order valence-corrected chi connectivity index (χ3v) is 7.11. The van der Waals surface area contributed by atoms with E-state index >= 15 is 0 Å². The fraction of sp³-hybridized carbons (Fsp3) is 0.0571. The fourth-order valence-electron chi connectivity index (χ4n) is 5.10. The highest BCUT2D eigenvalue weighted by molar-refractivity contribution is 6.02. The average Bonchev–Trinajstić information content (AvgIpc) is 3.44. The van der Waals surface area contributed by atoms with E-state index in [4.69, 9.17) is 19.2 Å². The first kappa shape index (κ1) is 24.5. The van der Waals surface area contributed by atoms with Crippen LogP contribution in [0.3, 0.4) is 0 Å². The van der Waals surface area contributed by atoms with Gasteiger partial charge in [0, 0.05) is 10.9 Å². The first-order valence-electron chi connectivity index (χ1n) is 13.4. The molecule has 0 aliphatic rings. The van der Waals surface area contributed by atoms with E-state index in [1.165, 1.54) is 10.2 Å². The van der Waals surface area contributed by atoms with E-state index in [0.717, 1.165) is 27.3 Å². The first-order chi connectivity index (χ1) is 20.1. The lowest BCUT2D eigenvalue weighted by atomic mass is 10.0. The van der Waals surface area contributed by atoms with E-state index in [-0.39, 0.29) is 5.56 Å².